The number of benzene rings is 4. The molecular formula is C32H29ClN4O3. The monoisotopic (exact) mass is 552 g/mol. The number of nitrogens with zero attached hydrogens (tertiary/aromatic N) is 2. The average Bonchev–Trinajstić information content (AvgIpc) is 2.96. The van der Waals surface area contributed by atoms with Crippen molar-refractivity contribution in [1.29, 1.82) is 0 Å². The third kappa shape index (κ3) is 6.16. The molecule has 0 spiro atoms. The Bertz CT molecular complexity index is 1710. The van der Waals surface area contributed by atoms with Crippen LogP contribution in [0.4, 0.5) is 16.2 Å². The fourth-order valence-electron chi connectivity index (χ4n) is 4.55. The number of rotatable bonds is 8. The molecule has 0 fully saturated rings. The summed E-state index contributed by atoms with van der Waals surface area (Å²) in [7, 11) is 1.65. The minimum Gasteiger partial charge on any atom is -0.497 e. The van der Waals surface area contributed by atoms with Crippen molar-refractivity contribution in [3.8, 4) is 16.9 Å². The molecule has 0 aliphatic rings. The number of hydrogen-bond acceptors (Lipinski definition) is 4. The molecule has 0 aliphatic carbocycles. The summed E-state index contributed by atoms with van der Waals surface area (Å²) in [5, 5.41) is 6.50. The van der Waals surface area contributed by atoms with Crippen LogP contribution >= 0.6 is 11.6 Å². The van der Waals surface area contributed by atoms with Gasteiger partial charge in [-0.25, -0.2) is 9.78 Å². The van der Waals surface area contributed by atoms with Crippen molar-refractivity contribution in [1.82, 2.24) is 9.55 Å². The van der Waals surface area contributed by atoms with Crippen LogP contribution in [0, 0.1) is 0 Å². The largest absolute Gasteiger partial charge is 0.497 e. The van der Waals surface area contributed by atoms with Crippen LogP contribution in [0.2, 0.25) is 5.02 Å². The minimum atomic E-state index is -0.436. The lowest BCUT2D eigenvalue weighted by atomic mass is 10.0. The maximum Gasteiger partial charge on any atom is 0.323 e. The zero-order chi connectivity index (χ0) is 28.1. The van der Waals surface area contributed by atoms with E-state index in [0.717, 1.165) is 34.7 Å². The Balaban J connectivity index is 1.40. The first kappa shape index (κ1) is 27.0. The molecule has 0 saturated heterocycles. The fraction of sp³-hybridized carbons (Fsp3) is 0.156. The summed E-state index contributed by atoms with van der Waals surface area (Å²) < 4.78 is 6.98. The molecule has 0 aliphatic heterocycles. The van der Waals surface area contributed by atoms with Crippen molar-refractivity contribution in [2.75, 3.05) is 17.7 Å². The Morgan fingerprint density at radius 1 is 0.900 bits per heavy atom. The minimum absolute atomic E-state index is 0.147. The van der Waals surface area contributed by atoms with Gasteiger partial charge in [-0.1, -0.05) is 61.0 Å². The summed E-state index contributed by atoms with van der Waals surface area (Å²) in [6, 6.07) is 27.7. The highest BCUT2D eigenvalue weighted by Gasteiger charge is 2.13. The van der Waals surface area contributed by atoms with Gasteiger partial charge in [0.1, 0.15) is 11.6 Å². The molecule has 40 heavy (non-hydrogen) atoms. The highest BCUT2D eigenvalue weighted by Crippen LogP contribution is 2.23. The van der Waals surface area contributed by atoms with Gasteiger partial charge in [0.25, 0.3) is 5.56 Å². The van der Waals surface area contributed by atoms with Crippen LogP contribution in [-0.4, -0.2) is 22.7 Å². The van der Waals surface area contributed by atoms with Gasteiger partial charge in [-0.15, -0.1) is 0 Å². The van der Waals surface area contributed by atoms with Gasteiger partial charge < -0.3 is 15.4 Å². The second-order valence-corrected chi connectivity index (χ2v) is 9.85. The van der Waals surface area contributed by atoms with Crippen LogP contribution in [0.15, 0.2) is 95.8 Å². The Morgan fingerprint density at radius 2 is 1.57 bits per heavy atom. The predicted octanol–water partition coefficient (Wildman–Crippen LogP) is 7.37. The molecule has 202 valence electrons. The number of halogens is 1. The van der Waals surface area contributed by atoms with E-state index in [1.54, 1.807) is 54.1 Å². The first-order chi connectivity index (χ1) is 19.4. The number of amides is 2. The van der Waals surface area contributed by atoms with E-state index in [2.05, 4.69) is 29.7 Å². The first-order valence-corrected chi connectivity index (χ1v) is 13.4. The van der Waals surface area contributed by atoms with Gasteiger partial charge in [0.2, 0.25) is 0 Å². The van der Waals surface area contributed by atoms with E-state index in [1.165, 1.54) is 0 Å². The van der Waals surface area contributed by atoms with Crippen LogP contribution in [0.1, 0.15) is 24.7 Å². The normalized spacial score (nSPS) is 10.9. The average molecular weight is 553 g/mol. The number of anilines is 2. The van der Waals surface area contributed by atoms with Crippen LogP contribution in [0.5, 0.6) is 5.75 Å². The third-order valence-electron chi connectivity index (χ3n) is 6.57. The molecule has 0 atom stereocenters. The molecule has 8 heteroatoms. The fourth-order valence-corrected chi connectivity index (χ4v) is 4.74. The molecule has 2 amide bonds. The predicted molar refractivity (Wildman–Crippen MR) is 162 cm³/mol. The quantitative estimate of drug-likeness (QED) is 0.210. The van der Waals surface area contributed by atoms with Crippen molar-refractivity contribution in [2.45, 2.75) is 26.3 Å². The van der Waals surface area contributed by atoms with Crippen molar-refractivity contribution in [3.63, 3.8) is 0 Å². The lowest BCUT2D eigenvalue weighted by Gasteiger charge is -2.15. The second kappa shape index (κ2) is 12.1. The highest BCUT2D eigenvalue weighted by molar-refractivity contribution is 6.30. The number of aromatic nitrogens is 2. The molecule has 5 rings (SSSR count). The Morgan fingerprint density at radius 3 is 2.23 bits per heavy atom. The number of methoxy groups -OCH3 is 1. The Hall–Kier alpha value is -4.62. The standard InChI is InChI=1S/C32H29ClN4O3/c1-3-5-30-36-29-17-14-26(35-32(39)34-25-7-4-6-24(33)18-25)19-28(29)31(38)37(30)20-21-8-10-22(11-9-21)23-12-15-27(40-2)16-13-23/h4,6-19H,3,5,20H2,1-2H3,(H2,34,35,39). The summed E-state index contributed by atoms with van der Waals surface area (Å²) in [6.07, 6.45) is 1.54. The third-order valence-corrected chi connectivity index (χ3v) is 6.80. The second-order valence-electron chi connectivity index (χ2n) is 9.42. The molecule has 0 radical (unpaired) electrons. The zero-order valence-corrected chi connectivity index (χ0v) is 23.0. The van der Waals surface area contributed by atoms with E-state index in [9.17, 15) is 9.59 Å². The summed E-state index contributed by atoms with van der Waals surface area (Å²) in [6.45, 7) is 2.46. The number of urea groups is 1. The van der Waals surface area contributed by atoms with Gasteiger partial charge in [0.05, 0.1) is 24.6 Å². The number of carbonyl (C=O) groups excluding carboxylic acids is 1. The number of fused-ring (bicyclic) bond motifs is 1. The van der Waals surface area contributed by atoms with Gasteiger partial charge in [0.15, 0.2) is 0 Å². The summed E-state index contributed by atoms with van der Waals surface area (Å²) in [5.41, 5.74) is 4.67. The van der Waals surface area contributed by atoms with Gasteiger partial charge in [0, 0.05) is 22.8 Å². The highest BCUT2D eigenvalue weighted by atomic mass is 35.5. The number of carbonyl (C=O) groups is 1. The molecular weight excluding hydrogens is 524 g/mol. The van der Waals surface area contributed by atoms with Crippen LogP contribution in [0.25, 0.3) is 22.0 Å². The van der Waals surface area contributed by atoms with E-state index >= 15 is 0 Å². The lowest BCUT2D eigenvalue weighted by Crippen LogP contribution is -2.26. The van der Waals surface area contributed by atoms with Gasteiger partial charge in [-0.2, -0.15) is 0 Å². The van der Waals surface area contributed by atoms with Crippen molar-refractivity contribution < 1.29 is 9.53 Å². The molecule has 5 aromatic rings. The SMILES string of the molecule is CCCc1nc2ccc(NC(=O)Nc3cccc(Cl)c3)cc2c(=O)n1Cc1ccc(-c2ccc(OC)cc2)cc1. The Kier molecular flexibility index (Phi) is 8.12. The van der Waals surface area contributed by atoms with Gasteiger partial charge in [-0.05, 0) is 71.6 Å². The van der Waals surface area contributed by atoms with Crippen molar-refractivity contribution >= 4 is 39.9 Å². The molecule has 7 nitrogen and oxygen atoms in total. The number of hydrogen-bond donors (Lipinski definition) is 2. The van der Waals surface area contributed by atoms with E-state index in [-0.39, 0.29) is 5.56 Å². The van der Waals surface area contributed by atoms with E-state index < -0.39 is 6.03 Å². The van der Waals surface area contributed by atoms with Crippen LogP contribution in [0.3, 0.4) is 0 Å². The molecule has 0 unspecified atom stereocenters. The topological polar surface area (TPSA) is 85.3 Å². The van der Waals surface area contributed by atoms with Crippen LogP contribution in [-0.2, 0) is 13.0 Å². The molecule has 0 saturated carbocycles. The summed E-state index contributed by atoms with van der Waals surface area (Å²) in [5.74, 6) is 1.55. The van der Waals surface area contributed by atoms with E-state index in [1.807, 2.05) is 36.4 Å². The molecule has 1 aromatic heterocycles. The molecule has 0 bridgehead atoms. The molecule has 4 aromatic carbocycles. The van der Waals surface area contributed by atoms with Gasteiger partial charge in [-0.3, -0.25) is 9.36 Å². The number of aryl methyl sites for hydroxylation is 1. The smallest absolute Gasteiger partial charge is 0.323 e. The Labute approximate surface area is 237 Å². The molecule has 1 heterocycles. The maximum atomic E-state index is 13.7. The van der Waals surface area contributed by atoms with Crippen molar-refractivity contribution in [2.24, 2.45) is 0 Å². The van der Waals surface area contributed by atoms with E-state index in [4.69, 9.17) is 21.3 Å². The van der Waals surface area contributed by atoms with Crippen molar-refractivity contribution in [3.05, 3.63) is 118 Å². The lowest BCUT2D eigenvalue weighted by molar-refractivity contribution is 0.262. The number of ether oxygens (including phenoxy) is 1. The summed E-state index contributed by atoms with van der Waals surface area (Å²) in [4.78, 5) is 31.1. The van der Waals surface area contributed by atoms with Gasteiger partial charge >= 0.3 is 6.03 Å². The first-order valence-electron chi connectivity index (χ1n) is 13.0. The van der Waals surface area contributed by atoms with Crippen LogP contribution < -0.4 is 20.9 Å². The summed E-state index contributed by atoms with van der Waals surface area (Å²) >= 11 is 6.01. The number of nitrogens with one attached hydrogen (secondary N) is 2. The maximum absolute atomic E-state index is 13.7. The molecule has 2 N–H and O–H groups in total. The zero-order valence-electron chi connectivity index (χ0n) is 22.3. The van der Waals surface area contributed by atoms with E-state index in [0.29, 0.717) is 40.3 Å².